The van der Waals surface area contributed by atoms with Gasteiger partial charge in [-0.3, -0.25) is 4.90 Å². The highest BCUT2D eigenvalue weighted by Crippen LogP contribution is 2.33. The first-order chi connectivity index (χ1) is 10.5. The quantitative estimate of drug-likeness (QED) is 0.944. The minimum absolute atomic E-state index is 0.0912. The number of rotatable bonds is 3. The maximum Gasteiger partial charge on any atom is 0.244 e. The Morgan fingerprint density at radius 1 is 1.41 bits per heavy atom. The summed E-state index contributed by atoms with van der Waals surface area (Å²) in [7, 11) is 0. The molecule has 2 aromatic rings. The molecule has 0 radical (unpaired) electrons. The van der Waals surface area contributed by atoms with E-state index in [0.717, 1.165) is 0 Å². The molecule has 2 unspecified atom stereocenters. The Morgan fingerprint density at radius 3 is 2.86 bits per heavy atom. The Morgan fingerprint density at radius 2 is 2.18 bits per heavy atom. The van der Waals surface area contributed by atoms with Crippen LogP contribution in [0.25, 0.3) is 11.4 Å². The molecule has 1 aromatic carbocycles. The van der Waals surface area contributed by atoms with Gasteiger partial charge in [0.15, 0.2) is 0 Å². The number of likely N-dealkylation sites (tertiary alicyclic amines) is 1. The molecule has 6 heteroatoms. The molecule has 1 saturated heterocycles. The second-order valence-corrected chi connectivity index (χ2v) is 6.12. The lowest BCUT2D eigenvalue weighted by atomic mass is 10.1. The summed E-state index contributed by atoms with van der Waals surface area (Å²) in [6.45, 7) is 6.44. The van der Waals surface area contributed by atoms with Crippen LogP contribution in [0.3, 0.4) is 0 Å². The summed E-state index contributed by atoms with van der Waals surface area (Å²) < 4.78 is 19.0. The zero-order valence-corrected chi connectivity index (χ0v) is 13.0. The molecule has 1 aliphatic rings. The molecule has 1 fully saturated rings. The number of aliphatic hydroxyl groups is 1. The average molecular weight is 305 g/mol. The Labute approximate surface area is 128 Å². The number of hydrogen-bond acceptors (Lipinski definition) is 5. The van der Waals surface area contributed by atoms with Crippen LogP contribution in [0.4, 0.5) is 4.39 Å². The topological polar surface area (TPSA) is 62.4 Å². The summed E-state index contributed by atoms with van der Waals surface area (Å²) in [5.41, 5.74) is 1.17. The fourth-order valence-electron chi connectivity index (χ4n) is 2.87. The highest BCUT2D eigenvalue weighted by atomic mass is 19.1. The summed E-state index contributed by atoms with van der Waals surface area (Å²) in [5, 5.41) is 13.8. The highest BCUT2D eigenvalue weighted by Gasteiger charge is 2.37. The summed E-state index contributed by atoms with van der Waals surface area (Å²) >= 11 is 0. The molecule has 0 bridgehead atoms. The second-order valence-electron chi connectivity index (χ2n) is 6.12. The molecule has 2 atom stereocenters. The minimum atomic E-state index is -0.389. The third kappa shape index (κ3) is 2.76. The van der Waals surface area contributed by atoms with Crippen molar-refractivity contribution >= 4 is 0 Å². The molecule has 0 amide bonds. The third-order valence-corrected chi connectivity index (χ3v) is 4.14. The molecule has 3 rings (SSSR count). The first-order valence-electron chi connectivity index (χ1n) is 7.49. The van der Waals surface area contributed by atoms with E-state index in [9.17, 15) is 9.50 Å². The fraction of sp³-hybridized carbons (Fsp3) is 0.500. The van der Waals surface area contributed by atoms with Gasteiger partial charge in [0.05, 0.1) is 12.1 Å². The van der Waals surface area contributed by atoms with E-state index >= 15 is 0 Å². The van der Waals surface area contributed by atoms with E-state index in [1.807, 2.05) is 0 Å². The van der Waals surface area contributed by atoms with Crippen LogP contribution in [0, 0.1) is 12.7 Å². The van der Waals surface area contributed by atoms with Crippen molar-refractivity contribution in [3.05, 3.63) is 35.5 Å². The summed E-state index contributed by atoms with van der Waals surface area (Å²) in [6, 6.07) is 5.06. The molecule has 118 valence electrons. The van der Waals surface area contributed by atoms with Gasteiger partial charge in [0.2, 0.25) is 11.7 Å². The minimum Gasteiger partial charge on any atom is -0.392 e. The lowest BCUT2D eigenvalue weighted by Gasteiger charge is -2.25. The Hall–Kier alpha value is -1.79. The average Bonchev–Trinajstić information content (AvgIpc) is 3.08. The van der Waals surface area contributed by atoms with Crippen molar-refractivity contribution in [1.82, 2.24) is 15.0 Å². The van der Waals surface area contributed by atoms with Crippen LogP contribution < -0.4 is 0 Å². The molecule has 22 heavy (non-hydrogen) atoms. The molecular weight excluding hydrogens is 285 g/mol. The van der Waals surface area contributed by atoms with Gasteiger partial charge in [-0.25, -0.2) is 4.39 Å². The molecular formula is C16H20FN3O2. The maximum absolute atomic E-state index is 13.7. The third-order valence-electron chi connectivity index (χ3n) is 4.14. The summed E-state index contributed by atoms with van der Waals surface area (Å²) in [6.07, 6.45) is 0.182. The molecule has 0 spiro atoms. The van der Waals surface area contributed by atoms with Gasteiger partial charge in [-0.05, 0) is 38.8 Å². The number of aromatic nitrogens is 2. The Bertz CT molecular complexity index is 671. The molecule has 1 aromatic heterocycles. The van der Waals surface area contributed by atoms with Gasteiger partial charge in [0, 0.05) is 18.2 Å². The van der Waals surface area contributed by atoms with Gasteiger partial charge in [-0.15, -0.1) is 0 Å². The molecule has 1 N–H and O–H groups in total. The van der Waals surface area contributed by atoms with E-state index in [1.54, 1.807) is 19.1 Å². The monoisotopic (exact) mass is 305 g/mol. The molecule has 1 aliphatic heterocycles. The highest BCUT2D eigenvalue weighted by molar-refractivity contribution is 5.55. The van der Waals surface area contributed by atoms with Crippen LogP contribution in [0.1, 0.15) is 37.8 Å². The Kier molecular flexibility index (Phi) is 3.97. The van der Waals surface area contributed by atoms with Crippen molar-refractivity contribution in [3.63, 3.8) is 0 Å². The van der Waals surface area contributed by atoms with Crippen molar-refractivity contribution in [3.8, 4) is 11.4 Å². The normalized spacial score (nSPS) is 22.6. The molecule has 2 heterocycles. The van der Waals surface area contributed by atoms with Crippen molar-refractivity contribution < 1.29 is 14.0 Å². The predicted molar refractivity (Wildman–Crippen MR) is 79.6 cm³/mol. The number of hydrogen-bond donors (Lipinski definition) is 1. The lowest BCUT2D eigenvalue weighted by molar-refractivity contribution is 0.150. The number of benzene rings is 1. The van der Waals surface area contributed by atoms with Gasteiger partial charge in [-0.1, -0.05) is 17.3 Å². The first-order valence-corrected chi connectivity index (χ1v) is 7.49. The first kappa shape index (κ1) is 15.1. The van der Waals surface area contributed by atoms with Crippen LogP contribution >= 0.6 is 0 Å². The van der Waals surface area contributed by atoms with Gasteiger partial charge < -0.3 is 9.63 Å². The summed E-state index contributed by atoms with van der Waals surface area (Å²) in [5.74, 6) is 0.559. The van der Waals surface area contributed by atoms with E-state index in [1.165, 1.54) is 6.07 Å². The van der Waals surface area contributed by atoms with Gasteiger partial charge in [0.1, 0.15) is 5.82 Å². The Balaban J connectivity index is 1.88. The number of aliphatic hydroxyl groups excluding tert-OH is 1. The van der Waals surface area contributed by atoms with E-state index in [0.29, 0.717) is 35.8 Å². The van der Waals surface area contributed by atoms with E-state index in [-0.39, 0.29) is 24.0 Å². The second kappa shape index (κ2) is 5.78. The van der Waals surface area contributed by atoms with Crippen molar-refractivity contribution in [2.45, 2.75) is 45.4 Å². The van der Waals surface area contributed by atoms with Crippen LogP contribution in [-0.2, 0) is 0 Å². The molecule has 0 aliphatic carbocycles. The van der Waals surface area contributed by atoms with E-state index in [2.05, 4.69) is 28.9 Å². The number of aryl methyl sites for hydroxylation is 1. The standard InChI is InChI=1S/C16H20FN3O2/c1-9(2)20-8-12(21)7-14(20)16-18-15(19-22-16)11-5-4-10(3)13(17)6-11/h4-6,9,12,14,21H,7-8H2,1-3H3. The van der Waals surface area contributed by atoms with Crippen LogP contribution in [0.5, 0.6) is 0 Å². The van der Waals surface area contributed by atoms with E-state index in [4.69, 9.17) is 4.52 Å². The largest absolute Gasteiger partial charge is 0.392 e. The molecule has 5 nitrogen and oxygen atoms in total. The van der Waals surface area contributed by atoms with Crippen LogP contribution in [-0.4, -0.2) is 38.8 Å². The number of β-amino-alcohol motifs (C(OH)–C–C–N with tert-alkyl or cyclic N) is 1. The smallest absolute Gasteiger partial charge is 0.244 e. The maximum atomic E-state index is 13.7. The van der Waals surface area contributed by atoms with Gasteiger partial charge in [-0.2, -0.15) is 4.98 Å². The van der Waals surface area contributed by atoms with Crippen molar-refractivity contribution in [2.75, 3.05) is 6.54 Å². The molecule has 0 saturated carbocycles. The van der Waals surface area contributed by atoms with Crippen LogP contribution in [0.2, 0.25) is 0 Å². The zero-order chi connectivity index (χ0) is 15.9. The fourth-order valence-corrected chi connectivity index (χ4v) is 2.87. The van der Waals surface area contributed by atoms with Gasteiger partial charge >= 0.3 is 0 Å². The predicted octanol–water partition coefficient (Wildman–Crippen LogP) is 2.70. The zero-order valence-electron chi connectivity index (χ0n) is 13.0. The summed E-state index contributed by atoms with van der Waals surface area (Å²) in [4.78, 5) is 6.54. The number of nitrogens with zero attached hydrogens (tertiary/aromatic N) is 3. The van der Waals surface area contributed by atoms with Gasteiger partial charge in [0.25, 0.3) is 0 Å². The van der Waals surface area contributed by atoms with Crippen molar-refractivity contribution in [2.24, 2.45) is 0 Å². The van der Waals surface area contributed by atoms with Crippen LogP contribution in [0.15, 0.2) is 22.7 Å². The number of halogens is 1. The van der Waals surface area contributed by atoms with Crippen molar-refractivity contribution in [1.29, 1.82) is 0 Å². The SMILES string of the molecule is Cc1ccc(-c2noc(C3CC(O)CN3C(C)C)n2)cc1F. The van der Waals surface area contributed by atoms with E-state index < -0.39 is 0 Å². The lowest BCUT2D eigenvalue weighted by Crippen LogP contribution is -2.31.